The molecule has 1 spiro atoms. The number of benzene rings is 2. The van der Waals surface area contributed by atoms with Crippen LogP contribution in [0.3, 0.4) is 0 Å². The molecule has 222 valence electrons. The van der Waals surface area contributed by atoms with E-state index in [-0.39, 0.29) is 23.0 Å². The summed E-state index contributed by atoms with van der Waals surface area (Å²) >= 11 is 0. The van der Waals surface area contributed by atoms with Crippen molar-refractivity contribution in [3.8, 4) is 11.1 Å². The smallest absolute Gasteiger partial charge is 0.320 e. The van der Waals surface area contributed by atoms with E-state index in [9.17, 15) is 18.4 Å². The van der Waals surface area contributed by atoms with Gasteiger partial charge in [0, 0.05) is 56.1 Å². The van der Waals surface area contributed by atoms with E-state index < -0.39 is 17.7 Å². The van der Waals surface area contributed by atoms with E-state index >= 15 is 0 Å². The number of aromatic nitrogens is 1. The number of piperidine rings is 2. The summed E-state index contributed by atoms with van der Waals surface area (Å²) in [7, 11) is 1.88. The lowest BCUT2D eigenvalue weighted by Gasteiger charge is -2.49. The molecule has 6 nitrogen and oxygen atoms in total. The largest absolute Gasteiger partial charge is 0.324 e. The Bertz CT molecular complexity index is 1470. The summed E-state index contributed by atoms with van der Waals surface area (Å²) in [6.07, 6.45) is 8.42. The molecular formula is C34H40F2N4O2. The molecule has 2 amide bonds. The molecule has 3 fully saturated rings. The van der Waals surface area contributed by atoms with Gasteiger partial charge in [-0.25, -0.2) is 13.6 Å². The molecule has 0 bridgehead atoms. The van der Waals surface area contributed by atoms with Crippen molar-refractivity contribution < 1.29 is 13.6 Å². The number of carbonyl (C=O) groups excluding carboxylic acids is 1. The molecule has 3 aliphatic rings. The van der Waals surface area contributed by atoms with E-state index in [1.807, 2.05) is 59.1 Å². The number of likely N-dealkylation sites (tertiary alicyclic amines) is 2. The minimum absolute atomic E-state index is 0.000392. The number of amides is 2. The van der Waals surface area contributed by atoms with Crippen LogP contribution >= 0.6 is 0 Å². The first-order valence-corrected chi connectivity index (χ1v) is 15.3. The van der Waals surface area contributed by atoms with Crippen molar-refractivity contribution in [1.29, 1.82) is 0 Å². The van der Waals surface area contributed by atoms with Crippen molar-refractivity contribution in [2.75, 3.05) is 26.7 Å². The standard InChI is InChI=1S/C34H40F2N4O2/c1-37-28-13-18-40(31(21-28)29-10-9-27(35)20-30(29)36)33(42)39-17-12-26(34(23-39)14-5-6-15-34)22-38-16-11-25(19-32(38)41)24-7-3-2-4-8-24/h2-4,7-11,16,19-20,26,28,31,37H,5-6,12-15,17-18,21-23H2,1H3/t26-,28+,31-/m0/s1. The van der Waals surface area contributed by atoms with Crippen LogP contribution in [0.15, 0.2) is 71.7 Å². The summed E-state index contributed by atoms with van der Waals surface area (Å²) in [5, 5.41) is 3.28. The van der Waals surface area contributed by atoms with Crippen LogP contribution in [-0.2, 0) is 6.54 Å². The van der Waals surface area contributed by atoms with Gasteiger partial charge in [0.2, 0.25) is 0 Å². The van der Waals surface area contributed by atoms with Crippen molar-refractivity contribution in [1.82, 2.24) is 19.7 Å². The van der Waals surface area contributed by atoms with Gasteiger partial charge in [-0.1, -0.05) is 49.2 Å². The minimum Gasteiger partial charge on any atom is -0.324 e. The van der Waals surface area contributed by atoms with Crippen LogP contribution in [0.25, 0.3) is 11.1 Å². The van der Waals surface area contributed by atoms with Crippen LogP contribution in [0.5, 0.6) is 0 Å². The lowest BCUT2D eigenvalue weighted by Crippen LogP contribution is -2.57. The van der Waals surface area contributed by atoms with Crippen molar-refractivity contribution in [3.63, 3.8) is 0 Å². The van der Waals surface area contributed by atoms with E-state index in [2.05, 4.69) is 5.32 Å². The van der Waals surface area contributed by atoms with Crippen molar-refractivity contribution >= 4 is 6.03 Å². The minimum atomic E-state index is -0.617. The van der Waals surface area contributed by atoms with Crippen LogP contribution in [0.2, 0.25) is 0 Å². The number of nitrogens with zero attached hydrogens (tertiary/aromatic N) is 3. The number of urea groups is 1. The van der Waals surface area contributed by atoms with E-state index in [1.165, 1.54) is 12.1 Å². The molecule has 6 rings (SSSR count). The third-order valence-corrected chi connectivity index (χ3v) is 10.1. The van der Waals surface area contributed by atoms with Crippen LogP contribution < -0.4 is 10.9 Å². The second-order valence-corrected chi connectivity index (χ2v) is 12.4. The summed E-state index contributed by atoms with van der Waals surface area (Å²) in [4.78, 5) is 31.1. The van der Waals surface area contributed by atoms with E-state index in [0.29, 0.717) is 44.1 Å². The predicted octanol–water partition coefficient (Wildman–Crippen LogP) is 6.22. The van der Waals surface area contributed by atoms with Crippen LogP contribution in [0.1, 0.15) is 56.6 Å². The Labute approximate surface area is 246 Å². The highest BCUT2D eigenvalue weighted by molar-refractivity contribution is 5.75. The van der Waals surface area contributed by atoms with Gasteiger partial charge in [-0.05, 0) is 73.7 Å². The predicted molar refractivity (Wildman–Crippen MR) is 160 cm³/mol. The van der Waals surface area contributed by atoms with E-state index in [4.69, 9.17) is 0 Å². The molecule has 0 radical (unpaired) electrons. The molecule has 8 heteroatoms. The molecule has 2 aliphatic heterocycles. The molecule has 2 aromatic carbocycles. The molecule has 1 saturated carbocycles. The molecule has 1 aromatic heterocycles. The number of rotatable bonds is 5. The van der Waals surface area contributed by atoms with Gasteiger partial charge in [-0.3, -0.25) is 4.79 Å². The molecule has 2 saturated heterocycles. The zero-order valence-electron chi connectivity index (χ0n) is 24.3. The maximum atomic E-state index is 15.0. The number of pyridine rings is 1. The second-order valence-electron chi connectivity index (χ2n) is 12.4. The van der Waals surface area contributed by atoms with Gasteiger partial charge in [0.05, 0.1) is 6.04 Å². The maximum Gasteiger partial charge on any atom is 0.320 e. The normalized spacial score (nSPS) is 23.8. The Kier molecular flexibility index (Phi) is 8.17. The van der Waals surface area contributed by atoms with Crippen LogP contribution in [0.4, 0.5) is 13.6 Å². The highest BCUT2D eigenvalue weighted by Crippen LogP contribution is 2.49. The van der Waals surface area contributed by atoms with Gasteiger partial charge in [-0.15, -0.1) is 0 Å². The lowest BCUT2D eigenvalue weighted by molar-refractivity contribution is 0.0207. The topological polar surface area (TPSA) is 57.6 Å². The average molecular weight is 575 g/mol. The van der Waals surface area contributed by atoms with Crippen LogP contribution in [0, 0.1) is 23.0 Å². The Morgan fingerprint density at radius 2 is 1.76 bits per heavy atom. The number of halogens is 2. The fourth-order valence-electron chi connectivity index (χ4n) is 7.71. The zero-order valence-corrected chi connectivity index (χ0v) is 24.3. The lowest BCUT2D eigenvalue weighted by atomic mass is 9.69. The molecule has 3 aromatic rings. The number of nitrogens with one attached hydrogen (secondary N) is 1. The third kappa shape index (κ3) is 5.61. The second kappa shape index (κ2) is 12.0. The summed E-state index contributed by atoms with van der Waals surface area (Å²) in [5.41, 5.74) is 2.28. The van der Waals surface area contributed by atoms with Gasteiger partial charge in [0.1, 0.15) is 11.6 Å². The Morgan fingerprint density at radius 1 is 0.976 bits per heavy atom. The molecule has 3 heterocycles. The number of hydrogen-bond donors (Lipinski definition) is 1. The van der Waals surface area contributed by atoms with Crippen LogP contribution in [-0.4, -0.2) is 53.1 Å². The first kappa shape index (κ1) is 28.6. The van der Waals surface area contributed by atoms with Crippen molar-refractivity contribution in [2.24, 2.45) is 11.3 Å². The van der Waals surface area contributed by atoms with Gasteiger partial charge in [-0.2, -0.15) is 0 Å². The average Bonchev–Trinajstić information content (AvgIpc) is 3.47. The fraction of sp³-hybridized carbons (Fsp3) is 0.471. The molecule has 3 atom stereocenters. The summed E-state index contributed by atoms with van der Waals surface area (Å²) in [6.45, 7) is 2.42. The molecule has 1 aliphatic carbocycles. The monoisotopic (exact) mass is 574 g/mol. The highest BCUT2D eigenvalue weighted by Gasteiger charge is 2.47. The zero-order chi connectivity index (χ0) is 29.3. The maximum absolute atomic E-state index is 15.0. The molecule has 1 N–H and O–H groups in total. The third-order valence-electron chi connectivity index (χ3n) is 10.1. The molecular weight excluding hydrogens is 534 g/mol. The summed E-state index contributed by atoms with van der Waals surface area (Å²) < 4.78 is 30.5. The number of hydrogen-bond acceptors (Lipinski definition) is 3. The first-order valence-electron chi connectivity index (χ1n) is 15.3. The van der Waals surface area contributed by atoms with Gasteiger partial charge < -0.3 is 19.7 Å². The first-order chi connectivity index (χ1) is 20.4. The summed E-state index contributed by atoms with van der Waals surface area (Å²) in [5.74, 6) is -0.928. The summed E-state index contributed by atoms with van der Waals surface area (Å²) in [6, 6.07) is 17.0. The van der Waals surface area contributed by atoms with Crippen molar-refractivity contribution in [3.05, 3.63) is 94.4 Å². The van der Waals surface area contributed by atoms with Gasteiger partial charge in [0.15, 0.2) is 0 Å². The fourth-order valence-corrected chi connectivity index (χ4v) is 7.71. The Hall–Kier alpha value is -3.52. The highest BCUT2D eigenvalue weighted by atomic mass is 19.1. The quantitative estimate of drug-likeness (QED) is 0.394. The SMILES string of the molecule is CN[C@@H]1CCN(C(=O)N2CC[C@@H](Cn3ccc(-c4ccccc4)cc3=O)C3(CCCC3)C2)[C@H](c2ccc(F)cc2F)C1. The molecule has 0 unspecified atom stereocenters. The van der Waals surface area contributed by atoms with E-state index in [1.54, 1.807) is 11.0 Å². The van der Waals surface area contributed by atoms with Gasteiger partial charge >= 0.3 is 6.03 Å². The van der Waals surface area contributed by atoms with E-state index in [0.717, 1.165) is 55.7 Å². The van der Waals surface area contributed by atoms with Crippen molar-refractivity contribution in [2.45, 2.75) is 63.6 Å². The number of carbonyl (C=O) groups is 1. The molecule has 42 heavy (non-hydrogen) atoms. The van der Waals surface area contributed by atoms with Gasteiger partial charge in [0.25, 0.3) is 5.56 Å². The Balaban J connectivity index is 1.21. The Morgan fingerprint density at radius 3 is 2.48 bits per heavy atom.